The molecule has 6 heteroatoms. The van der Waals surface area contributed by atoms with Gasteiger partial charge in [-0.15, -0.1) is 0 Å². The van der Waals surface area contributed by atoms with Crippen LogP contribution in [0.15, 0.2) is 27.8 Å². The summed E-state index contributed by atoms with van der Waals surface area (Å²) in [5.74, 6) is -0.127. The van der Waals surface area contributed by atoms with Crippen molar-refractivity contribution in [1.29, 1.82) is 0 Å². The van der Waals surface area contributed by atoms with E-state index in [4.69, 9.17) is 5.11 Å². The van der Waals surface area contributed by atoms with Crippen molar-refractivity contribution >= 4 is 17.0 Å². The molecule has 0 aliphatic heterocycles. The number of nitrogens with one attached hydrogen (secondary N) is 1. The standard InChI is InChI=1S/C15H16N2O4/c1-8(9-2-3-9)7-17-12-5-4-10(15(20)21)6-11(12)16-13(18)14(17)19/h4-6,8-9H,2-3,7H2,1H3,(H,16,18)(H,20,21). The first-order valence-corrected chi connectivity index (χ1v) is 6.97. The molecular weight excluding hydrogens is 272 g/mol. The SMILES string of the molecule is CC(Cn1c(=O)c(=O)[nH]c2cc(C(=O)O)ccc21)C1CC1. The predicted molar refractivity (Wildman–Crippen MR) is 77.7 cm³/mol. The Morgan fingerprint density at radius 2 is 2.14 bits per heavy atom. The van der Waals surface area contributed by atoms with Crippen LogP contribution in [0.4, 0.5) is 0 Å². The number of fused-ring (bicyclic) bond motifs is 1. The predicted octanol–water partition coefficient (Wildman–Crippen LogP) is 1.43. The Morgan fingerprint density at radius 3 is 2.76 bits per heavy atom. The molecule has 6 nitrogen and oxygen atoms in total. The van der Waals surface area contributed by atoms with Gasteiger partial charge in [-0.25, -0.2) is 4.79 Å². The Balaban J connectivity index is 2.16. The number of carboxylic acids is 1. The van der Waals surface area contributed by atoms with Crippen LogP contribution < -0.4 is 11.1 Å². The van der Waals surface area contributed by atoms with Gasteiger partial charge in [0.2, 0.25) is 0 Å². The molecule has 1 aliphatic rings. The van der Waals surface area contributed by atoms with E-state index in [1.807, 2.05) is 0 Å². The molecule has 1 unspecified atom stereocenters. The third-order valence-corrected chi connectivity index (χ3v) is 4.12. The van der Waals surface area contributed by atoms with E-state index >= 15 is 0 Å². The number of H-pyrrole nitrogens is 1. The van der Waals surface area contributed by atoms with E-state index < -0.39 is 17.1 Å². The Kier molecular flexibility index (Phi) is 3.16. The second-order valence-corrected chi connectivity index (χ2v) is 5.72. The molecule has 1 aliphatic carbocycles. The van der Waals surface area contributed by atoms with Crippen molar-refractivity contribution < 1.29 is 9.90 Å². The highest BCUT2D eigenvalue weighted by atomic mass is 16.4. The lowest BCUT2D eigenvalue weighted by Gasteiger charge is -2.14. The van der Waals surface area contributed by atoms with Crippen molar-refractivity contribution in [2.75, 3.05) is 0 Å². The van der Waals surface area contributed by atoms with E-state index in [-0.39, 0.29) is 5.56 Å². The van der Waals surface area contributed by atoms with E-state index in [2.05, 4.69) is 11.9 Å². The average Bonchev–Trinajstić information content (AvgIpc) is 3.27. The fourth-order valence-electron chi connectivity index (χ4n) is 2.70. The Bertz CT molecular complexity index is 830. The largest absolute Gasteiger partial charge is 0.478 e. The molecule has 0 bridgehead atoms. The van der Waals surface area contributed by atoms with Crippen LogP contribution >= 0.6 is 0 Å². The van der Waals surface area contributed by atoms with Crippen molar-refractivity contribution in [3.63, 3.8) is 0 Å². The minimum absolute atomic E-state index is 0.0820. The van der Waals surface area contributed by atoms with Crippen molar-refractivity contribution in [3.8, 4) is 0 Å². The highest BCUT2D eigenvalue weighted by Gasteiger charge is 2.28. The summed E-state index contributed by atoms with van der Waals surface area (Å²) in [4.78, 5) is 37.3. The summed E-state index contributed by atoms with van der Waals surface area (Å²) in [5, 5.41) is 9.00. The molecule has 1 heterocycles. The molecule has 3 rings (SSSR count). The Hall–Kier alpha value is -2.37. The molecule has 2 N–H and O–H groups in total. The van der Waals surface area contributed by atoms with Gasteiger partial charge in [-0.1, -0.05) is 6.92 Å². The molecule has 110 valence electrons. The van der Waals surface area contributed by atoms with E-state index in [0.29, 0.717) is 29.4 Å². The molecule has 1 fully saturated rings. The molecule has 1 aromatic carbocycles. The molecule has 0 spiro atoms. The number of aromatic carboxylic acids is 1. The fraction of sp³-hybridized carbons (Fsp3) is 0.400. The summed E-state index contributed by atoms with van der Waals surface area (Å²) < 4.78 is 1.46. The summed E-state index contributed by atoms with van der Waals surface area (Å²) in [6.07, 6.45) is 2.33. The number of carboxylic acid groups (broad SMARTS) is 1. The number of rotatable bonds is 4. The highest BCUT2D eigenvalue weighted by molar-refractivity contribution is 5.92. The summed E-state index contributed by atoms with van der Waals surface area (Å²) in [5.41, 5.74) is -0.274. The Labute approximate surface area is 120 Å². The molecule has 0 saturated heterocycles. The van der Waals surface area contributed by atoms with Gasteiger partial charge in [-0.3, -0.25) is 9.59 Å². The monoisotopic (exact) mass is 288 g/mol. The molecule has 0 radical (unpaired) electrons. The van der Waals surface area contributed by atoms with Gasteiger partial charge in [0.25, 0.3) is 0 Å². The van der Waals surface area contributed by atoms with Crippen LogP contribution in [0.25, 0.3) is 11.0 Å². The van der Waals surface area contributed by atoms with E-state index in [0.717, 1.165) is 0 Å². The van der Waals surface area contributed by atoms with Crippen molar-refractivity contribution in [2.45, 2.75) is 26.3 Å². The zero-order valence-corrected chi connectivity index (χ0v) is 11.6. The number of benzene rings is 1. The van der Waals surface area contributed by atoms with Crippen molar-refractivity contribution in [3.05, 3.63) is 44.5 Å². The van der Waals surface area contributed by atoms with Crippen LogP contribution in [0.5, 0.6) is 0 Å². The number of hydrogen-bond acceptors (Lipinski definition) is 3. The van der Waals surface area contributed by atoms with Gasteiger partial charge >= 0.3 is 17.1 Å². The molecule has 2 aromatic rings. The molecule has 1 atom stereocenters. The first-order chi connectivity index (χ1) is 9.97. The van der Waals surface area contributed by atoms with Gasteiger partial charge < -0.3 is 14.7 Å². The lowest BCUT2D eigenvalue weighted by Crippen LogP contribution is -2.37. The fourth-order valence-corrected chi connectivity index (χ4v) is 2.70. The topological polar surface area (TPSA) is 92.2 Å². The third kappa shape index (κ3) is 2.49. The van der Waals surface area contributed by atoms with Gasteiger partial charge in [0.05, 0.1) is 16.6 Å². The lowest BCUT2D eigenvalue weighted by molar-refractivity contribution is 0.0697. The van der Waals surface area contributed by atoms with E-state index in [9.17, 15) is 14.4 Å². The van der Waals surface area contributed by atoms with Gasteiger partial charge in [0, 0.05) is 6.54 Å². The summed E-state index contributed by atoms with van der Waals surface area (Å²) >= 11 is 0. The summed E-state index contributed by atoms with van der Waals surface area (Å²) in [6, 6.07) is 4.41. The van der Waals surface area contributed by atoms with Crippen LogP contribution in [0.3, 0.4) is 0 Å². The first kappa shape index (κ1) is 13.6. The molecular formula is C15H16N2O4. The molecule has 0 amide bonds. The number of hydrogen-bond donors (Lipinski definition) is 2. The molecule has 1 saturated carbocycles. The van der Waals surface area contributed by atoms with E-state index in [1.54, 1.807) is 6.07 Å². The maximum absolute atomic E-state index is 12.1. The Morgan fingerprint density at radius 1 is 1.43 bits per heavy atom. The lowest BCUT2D eigenvalue weighted by atomic mass is 10.1. The van der Waals surface area contributed by atoms with Crippen molar-refractivity contribution in [1.82, 2.24) is 9.55 Å². The second kappa shape index (κ2) is 4.87. The smallest absolute Gasteiger partial charge is 0.335 e. The van der Waals surface area contributed by atoms with Crippen LogP contribution in [-0.4, -0.2) is 20.6 Å². The average molecular weight is 288 g/mol. The first-order valence-electron chi connectivity index (χ1n) is 6.97. The quantitative estimate of drug-likeness (QED) is 0.832. The van der Waals surface area contributed by atoms with Gasteiger partial charge in [-0.05, 0) is 42.9 Å². The van der Waals surface area contributed by atoms with E-state index in [1.165, 1.54) is 29.5 Å². The zero-order chi connectivity index (χ0) is 15.1. The summed E-state index contributed by atoms with van der Waals surface area (Å²) in [7, 11) is 0. The van der Waals surface area contributed by atoms with Crippen LogP contribution in [0, 0.1) is 11.8 Å². The van der Waals surface area contributed by atoms with Gasteiger partial charge in [0.1, 0.15) is 0 Å². The molecule has 1 aromatic heterocycles. The zero-order valence-electron chi connectivity index (χ0n) is 11.6. The number of nitrogens with zero attached hydrogens (tertiary/aromatic N) is 1. The number of aromatic nitrogens is 2. The van der Waals surface area contributed by atoms with Crippen molar-refractivity contribution in [2.24, 2.45) is 11.8 Å². The minimum atomic E-state index is -1.07. The second-order valence-electron chi connectivity index (χ2n) is 5.72. The maximum atomic E-state index is 12.1. The highest BCUT2D eigenvalue weighted by Crippen LogP contribution is 2.37. The molecule has 21 heavy (non-hydrogen) atoms. The number of carbonyl (C=O) groups is 1. The third-order valence-electron chi connectivity index (χ3n) is 4.12. The van der Waals surface area contributed by atoms with Gasteiger partial charge in [0.15, 0.2) is 0 Å². The van der Waals surface area contributed by atoms with Crippen LogP contribution in [-0.2, 0) is 6.54 Å². The summed E-state index contributed by atoms with van der Waals surface area (Å²) in [6.45, 7) is 2.55. The number of aromatic amines is 1. The van der Waals surface area contributed by atoms with Crippen LogP contribution in [0.2, 0.25) is 0 Å². The van der Waals surface area contributed by atoms with Gasteiger partial charge in [-0.2, -0.15) is 0 Å². The van der Waals surface area contributed by atoms with Crippen LogP contribution in [0.1, 0.15) is 30.1 Å². The normalized spacial score (nSPS) is 16.0. The minimum Gasteiger partial charge on any atom is -0.478 e. The maximum Gasteiger partial charge on any atom is 0.335 e.